The quantitative estimate of drug-likeness (QED) is 0.262. The number of carbonyl (C=O) groups is 1. The largest absolute Gasteiger partial charge is 0.383 e. The maximum absolute atomic E-state index is 13.1. The third kappa shape index (κ3) is 4.27. The molecule has 0 fully saturated rings. The Hall–Kier alpha value is -4.27. The van der Waals surface area contributed by atoms with Gasteiger partial charge in [0.05, 0.1) is 27.3 Å². The fraction of sp³-hybridized carbons (Fsp3) is 0.174. The van der Waals surface area contributed by atoms with Crippen LogP contribution in [-0.2, 0) is 7.05 Å². The van der Waals surface area contributed by atoms with Gasteiger partial charge in [0.1, 0.15) is 0 Å². The van der Waals surface area contributed by atoms with E-state index in [1.807, 2.05) is 44.3 Å². The summed E-state index contributed by atoms with van der Waals surface area (Å²) in [6.07, 6.45) is 0. The maximum Gasteiger partial charge on any atom is 0.269 e. The van der Waals surface area contributed by atoms with Gasteiger partial charge >= 0.3 is 0 Å². The first kappa shape index (κ1) is 21.0. The van der Waals surface area contributed by atoms with Crippen molar-refractivity contribution in [1.29, 1.82) is 0 Å². The third-order valence-corrected chi connectivity index (χ3v) is 5.10. The molecule has 2 aromatic heterocycles. The maximum atomic E-state index is 13.1. The second-order valence-electron chi connectivity index (χ2n) is 7.32. The molecule has 4 aromatic rings. The van der Waals surface area contributed by atoms with Crippen molar-refractivity contribution in [3.05, 3.63) is 82.0 Å². The van der Waals surface area contributed by atoms with Gasteiger partial charge in [-0.3, -0.25) is 19.6 Å². The van der Waals surface area contributed by atoms with E-state index in [1.165, 1.54) is 12.1 Å². The van der Waals surface area contributed by atoms with E-state index in [9.17, 15) is 14.9 Å². The summed E-state index contributed by atoms with van der Waals surface area (Å²) in [6.45, 7) is 2.70. The number of aromatic nitrogens is 3. The van der Waals surface area contributed by atoms with Crippen LogP contribution in [0.25, 0.3) is 22.3 Å². The van der Waals surface area contributed by atoms with Crippen molar-refractivity contribution in [1.82, 2.24) is 20.1 Å². The lowest BCUT2D eigenvalue weighted by Crippen LogP contribution is -2.29. The number of pyridine rings is 1. The molecule has 0 spiro atoms. The summed E-state index contributed by atoms with van der Waals surface area (Å²) in [5, 5.41) is 22.0. The van der Waals surface area contributed by atoms with E-state index < -0.39 is 4.92 Å². The lowest BCUT2D eigenvalue weighted by molar-refractivity contribution is -0.384. The minimum atomic E-state index is -0.441. The number of anilines is 1. The average molecular weight is 430 g/mol. The third-order valence-electron chi connectivity index (χ3n) is 5.10. The predicted octanol–water partition coefficient (Wildman–Crippen LogP) is 3.69. The Bertz CT molecular complexity index is 1280. The summed E-state index contributed by atoms with van der Waals surface area (Å²) in [6, 6.07) is 17.6. The van der Waals surface area contributed by atoms with E-state index in [-0.39, 0.29) is 11.6 Å². The number of hydrogen-bond donors (Lipinski definition) is 2. The number of carbonyl (C=O) groups excluding carboxylic acids is 1. The normalized spacial score (nSPS) is 10.8. The highest BCUT2D eigenvalue weighted by Gasteiger charge is 2.19. The van der Waals surface area contributed by atoms with Gasteiger partial charge in [0.25, 0.3) is 11.6 Å². The molecule has 2 aromatic carbocycles. The number of fused-ring (bicyclic) bond motifs is 1. The molecule has 0 radical (unpaired) electrons. The summed E-state index contributed by atoms with van der Waals surface area (Å²) < 4.78 is 1.68. The molecule has 2 N–H and O–H groups in total. The zero-order valence-corrected chi connectivity index (χ0v) is 17.7. The standard InChI is InChI=1S/C23H22N6O3/c1-15-21-19(14-20(16-6-4-3-5-7-16)26-22(21)28(2)27-15)23(30)25-13-12-24-17-8-10-18(11-9-17)29(31)32/h3-11,14,24H,12-13H2,1-2H3,(H,25,30). The molecule has 0 aliphatic rings. The Balaban J connectivity index is 1.50. The molecule has 9 heteroatoms. The fourth-order valence-corrected chi connectivity index (χ4v) is 3.56. The van der Waals surface area contributed by atoms with Crippen LogP contribution >= 0.6 is 0 Å². The summed E-state index contributed by atoms with van der Waals surface area (Å²) in [5.41, 5.74) is 4.31. The number of non-ortho nitro benzene ring substituents is 1. The predicted molar refractivity (Wildman–Crippen MR) is 123 cm³/mol. The van der Waals surface area contributed by atoms with Crippen LogP contribution in [0.2, 0.25) is 0 Å². The van der Waals surface area contributed by atoms with E-state index in [1.54, 1.807) is 22.9 Å². The number of hydrogen-bond acceptors (Lipinski definition) is 6. The first-order valence-corrected chi connectivity index (χ1v) is 10.1. The van der Waals surface area contributed by atoms with Gasteiger partial charge in [-0.2, -0.15) is 5.10 Å². The number of benzene rings is 2. The van der Waals surface area contributed by atoms with E-state index in [2.05, 4.69) is 15.7 Å². The first-order chi connectivity index (χ1) is 15.4. The minimum absolute atomic E-state index is 0.0339. The molecular formula is C23H22N6O3. The molecule has 2 heterocycles. The van der Waals surface area contributed by atoms with Crippen molar-refractivity contribution >= 4 is 28.3 Å². The molecule has 0 unspecified atom stereocenters. The molecule has 0 saturated heterocycles. The summed E-state index contributed by atoms with van der Waals surface area (Å²) in [5.74, 6) is -0.212. The van der Waals surface area contributed by atoms with Gasteiger partial charge in [0.2, 0.25) is 0 Å². The van der Waals surface area contributed by atoms with Crippen molar-refractivity contribution in [2.75, 3.05) is 18.4 Å². The molecular weight excluding hydrogens is 408 g/mol. The smallest absolute Gasteiger partial charge is 0.269 e. The molecule has 0 bridgehead atoms. The zero-order valence-electron chi connectivity index (χ0n) is 17.7. The minimum Gasteiger partial charge on any atom is -0.383 e. The van der Waals surface area contributed by atoms with E-state index in [0.717, 1.165) is 22.3 Å². The van der Waals surface area contributed by atoms with E-state index in [4.69, 9.17) is 4.98 Å². The lowest BCUT2D eigenvalue weighted by atomic mass is 10.0. The van der Waals surface area contributed by atoms with Crippen molar-refractivity contribution in [3.63, 3.8) is 0 Å². The van der Waals surface area contributed by atoms with Crippen LogP contribution in [0.4, 0.5) is 11.4 Å². The van der Waals surface area contributed by atoms with Crippen molar-refractivity contribution in [3.8, 4) is 11.3 Å². The molecule has 0 saturated carbocycles. The van der Waals surface area contributed by atoms with Crippen LogP contribution < -0.4 is 10.6 Å². The second kappa shape index (κ2) is 8.84. The summed E-state index contributed by atoms with van der Waals surface area (Å²) >= 11 is 0. The lowest BCUT2D eigenvalue weighted by Gasteiger charge is -2.10. The van der Waals surface area contributed by atoms with Gasteiger partial charge in [0, 0.05) is 43.5 Å². The van der Waals surface area contributed by atoms with Crippen LogP contribution in [-0.4, -0.2) is 38.7 Å². The topological polar surface area (TPSA) is 115 Å². The molecule has 1 amide bonds. The number of amides is 1. The highest BCUT2D eigenvalue weighted by Crippen LogP contribution is 2.26. The van der Waals surface area contributed by atoms with Crippen molar-refractivity contribution < 1.29 is 9.72 Å². The highest BCUT2D eigenvalue weighted by atomic mass is 16.6. The van der Waals surface area contributed by atoms with Crippen LogP contribution in [0.15, 0.2) is 60.7 Å². The zero-order chi connectivity index (χ0) is 22.7. The number of nitro benzene ring substituents is 1. The van der Waals surface area contributed by atoms with Crippen LogP contribution in [0.1, 0.15) is 16.1 Å². The van der Waals surface area contributed by atoms with Gasteiger partial charge in [-0.25, -0.2) is 4.98 Å². The van der Waals surface area contributed by atoms with Crippen LogP contribution in [0.5, 0.6) is 0 Å². The second-order valence-corrected chi connectivity index (χ2v) is 7.32. The molecule has 0 aliphatic carbocycles. The Kier molecular flexibility index (Phi) is 5.80. The molecule has 162 valence electrons. The molecule has 9 nitrogen and oxygen atoms in total. The summed E-state index contributed by atoms with van der Waals surface area (Å²) in [4.78, 5) is 28.1. The average Bonchev–Trinajstić information content (AvgIpc) is 3.10. The van der Waals surface area contributed by atoms with Crippen molar-refractivity contribution in [2.24, 2.45) is 7.05 Å². The van der Waals surface area contributed by atoms with E-state index >= 15 is 0 Å². The SMILES string of the molecule is Cc1nn(C)c2nc(-c3ccccc3)cc(C(=O)NCCNc3ccc([N+](=O)[O-])cc3)c12. The van der Waals surface area contributed by atoms with Gasteiger partial charge in [-0.05, 0) is 25.1 Å². The van der Waals surface area contributed by atoms with Gasteiger partial charge < -0.3 is 10.6 Å². The van der Waals surface area contributed by atoms with Gasteiger partial charge in [-0.1, -0.05) is 30.3 Å². The number of aryl methyl sites for hydroxylation is 2. The van der Waals surface area contributed by atoms with Crippen molar-refractivity contribution in [2.45, 2.75) is 6.92 Å². The molecule has 0 atom stereocenters. The van der Waals surface area contributed by atoms with Gasteiger partial charge in [0.15, 0.2) is 5.65 Å². The Labute approximate surface area is 184 Å². The monoisotopic (exact) mass is 430 g/mol. The molecule has 32 heavy (non-hydrogen) atoms. The number of rotatable bonds is 7. The first-order valence-electron chi connectivity index (χ1n) is 10.1. The Morgan fingerprint density at radius 3 is 2.50 bits per heavy atom. The molecule has 4 rings (SSSR count). The van der Waals surface area contributed by atoms with Crippen LogP contribution in [0.3, 0.4) is 0 Å². The summed E-state index contributed by atoms with van der Waals surface area (Å²) in [7, 11) is 1.81. The number of nitro groups is 1. The van der Waals surface area contributed by atoms with Gasteiger partial charge in [-0.15, -0.1) is 0 Å². The van der Waals surface area contributed by atoms with Crippen LogP contribution in [0, 0.1) is 17.0 Å². The highest BCUT2D eigenvalue weighted by molar-refractivity contribution is 6.07. The molecule has 0 aliphatic heterocycles. The Morgan fingerprint density at radius 1 is 1.09 bits per heavy atom. The number of nitrogens with one attached hydrogen (secondary N) is 2. The Morgan fingerprint density at radius 2 is 1.81 bits per heavy atom. The fourth-order valence-electron chi connectivity index (χ4n) is 3.56. The number of nitrogens with zero attached hydrogens (tertiary/aromatic N) is 4. The van der Waals surface area contributed by atoms with E-state index in [0.29, 0.717) is 30.0 Å².